The van der Waals surface area contributed by atoms with Crippen LogP contribution in [-0.2, 0) is 6.42 Å². The number of benzene rings is 2. The zero-order valence-corrected chi connectivity index (χ0v) is 19.6. The molecule has 0 aliphatic heterocycles. The van der Waals surface area contributed by atoms with Crippen LogP contribution in [0.15, 0.2) is 52.0 Å². The molecule has 180 valence electrons. The molecule has 2 amide bonds. The van der Waals surface area contributed by atoms with Crippen LogP contribution < -0.4 is 15.5 Å². The number of amides is 2. The summed E-state index contributed by atoms with van der Waals surface area (Å²) in [7, 11) is 1.49. The number of carbonyl (C=O) groups excluding carboxylic acids is 2. The number of hydrogen-bond donors (Lipinski definition) is 2. The Bertz CT molecular complexity index is 1350. The van der Waals surface area contributed by atoms with Gasteiger partial charge in [0, 0.05) is 40.3 Å². The third kappa shape index (κ3) is 5.02. The molecular formula is C24H21ClN4O6. The molecule has 35 heavy (non-hydrogen) atoms. The van der Waals surface area contributed by atoms with Crippen molar-refractivity contribution in [2.75, 3.05) is 12.4 Å². The third-order valence-corrected chi connectivity index (χ3v) is 5.81. The number of ether oxygens (including phenoxy) is 1. The van der Waals surface area contributed by atoms with Gasteiger partial charge in [-0.25, -0.2) is 5.43 Å². The number of fused-ring (bicyclic) bond motifs is 1. The highest BCUT2D eigenvalue weighted by Gasteiger charge is 2.28. The number of halogens is 1. The zero-order chi connectivity index (χ0) is 25.1. The van der Waals surface area contributed by atoms with E-state index >= 15 is 0 Å². The van der Waals surface area contributed by atoms with E-state index in [2.05, 4.69) is 15.8 Å². The molecule has 0 spiro atoms. The van der Waals surface area contributed by atoms with E-state index in [0.29, 0.717) is 51.9 Å². The van der Waals surface area contributed by atoms with Crippen molar-refractivity contribution in [3.8, 4) is 5.75 Å². The number of nitro benzene ring substituents is 1. The first-order valence-electron chi connectivity index (χ1n) is 10.7. The van der Waals surface area contributed by atoms with E-state index in [0.717, 1.165) is 6.42 Å². The zero-order valence-electron chi connectivity index (χ0n) is 18.9. The molecule has 0 fully saturated rings. The Morgan fingerprint density at radius 1 is 1.14 bits per heavy atom. The van der Waals surface area contributed by atoms with E-state index in [1.165, 1.54) is 31.4 Å². The number of furan rings is 1. The van der Waals surface area contributed by atoms with Crippen LogP contribution in [0.4, 0.5) is 11.4 Å². The molecule has 0 saturated carbocycles. The van der Waals surface area contributed by atoms with Gasteiger partial charge in [0.2, 0.25) is 0 Å². The average Bonchev–Trinajstić information content (AvgIpc) is 3.20. The predicted octanol–water partition coefficient (Wildman–Crippen LogP) is 4.88. The number of carbonyl (C=O) groups is 2. The van der Waals surface area contributed by atoms with Gasteiger partial charge in [-0.1, -0.05) is 11.6 Å². The van der Waals surface area contributed by atoms with Crippen LogP contribution in [0.25, 0.3) is 0 Å². The van der Waals surface area contributed by atoms with E-state index in [1.54, 1.807) is 25.1 Å². The summed E-state index contributed by atoms with van der Waals surface area (Å²) >= 11 is 6.05. The van der Waals surface area contributed by atoms with E-state index < -0.39 is 16.7 Å². The lowest BCUT2D eigenvalue weighted by Gasteiger charge is -2.13. The quantitative estimate of drug-likeness (QED) is 0.368. The first-order valence-corrected chi connectivity index (χ1v) is 11.0. The highest BCUT2D eigenvalue weighted by Crippen LogP contribution is 2.32. The minimum Gasteiger partial charge on any atom is -0.495 e. The van der Waals surface area contributed by atoms with E-state index in [1.807, 2.05) is 0 Å². The van der Waals surface area contributed by atoms with Crippen LogP contribution in [-0.4, -0.2) is 29.6 Å². The Kier molecular flexibility index (Phi) is 6.83. The molecule has 1 aliphatic rings. The van der Waals surface area contributed by atoms with Crippen molar-refractivity contribution in [3.63, 3.8) is 0 Å². The van der Waals surface area contributed by atoms with Gasteiger partial charge in [0.25, 0.3) is 17.5 Å². The van der Waals surface area contributed by atoms with Gasteiger partial charge >= 0.3 is 0 Å². The van der Waals surface area contributed by atoms with Crippen molar-refractivity contribution in [1.29, 1.82) is 0 Å². The minimum absolute atomic E-state index is 0.111. The summed E-state index contributed by atoms with van der Waals surface area (Å²) in [5, 5.41) is 18.3. The van der Waals surface area contributed by atoms with Crippen molar-refractivity contribution in [2.24, 2.45) is 5.10 Å². The summed E-state index contributed by atoms with van der Waals surface area (Å²) < 4.78 is 11.2. The maximum absolute atomic E-state index is 13.0. The van der Waals surface area contributed by atoms with Crippen molar-refractivity contribution < 1.29 is 23.7 Å². The summed E-state index contributed by atoms with van der Waals surface area (Å²) in [6, 6.07) is 10.1. The normalized spacial score (nSPS) is 13.7. The number of hydrogen-bond acceptors (Lipinski definition) is 7. The number of rotatable bonds is 6. The van der Waals surface area contributed by atoms with Crippen molar-refractivity contribution >= 4 is 40.5 Å². The lowest BCUT2D eigenvalue weighted by atomic mass is 9.93. The highest BCUT2D eigenvalue weighted by atomic mass is 35.5. The summed E-state index contributed by atoms with van der Waals surface area (Å²) in [6.07, 6.45) is 1.94. The number of nitrogens with one attached hydrogen (secondary N) is 2. The maximum atomic E-state index is 13.0. The standard InChI is InChI=1S/C24H21ClN4O6/c1-13-21-17(27-28-23(30)14-6-9-16(10-7-14)29(32)33)4-3-5-20(21)35-22(13)24(31)26-18-12-15(25)8-11-19(18)34-2/h6-12H,3-5H2,1-2H3,(H,26,31)(H,28,30)/b27-17+. The van der Waals surface area contributed by atoms with Crippen LogP contribution in [0.2, 0.25) is 5.02 Å². The average molecular weight is 497 g/mol. The summed E-state index contributed by atoms with van der Waals surface area (Å²) in [5.41, 5.74) is 4.88. The molecule has 0 unspecified atom stereocenters. The lowest BCUT2D eigenvalue weighted by molar-refractivity contribution is -0.384. The van der Waals surface area contributed by atoms with Crippen LogP contribution in [0.5, 0.6) is 5.75 Å². The third-order valence-electron chi connectivity index (χ3n) is 5.57. The Labute approximate surface area is 205 Å². The Balaban J connectivity index is 1.56. The second-order valence-electron chi connectivity index (χ2n) is 7.81. The van der Waals surface area contributed by atoms with Crippen LogP contribution >= 0.6 is 11.6 Å². The molecule has 2 aromatic carbocycles. The molecule has 0 saturated heterocycles. The molecule has 0 atom stereocenters. The fourth-order valence-electron chi connectivity index (χ4n) is 3.87. The Morgan fingerprint density at radius 3 is 2.57 bits per heavy atom. The van der Waals surface area contributed by atoms with Gasteiger partial charge in [0.15, 0.2) is 5.76 Å². The number of anilines is 1. The number of aryl methyl sites for hydroxylation is 1. The number of nitro groups is 1. The summed E-state index contributed by atoms with van der Waals surface area (Å²) in [5.74, 6) is 0.222. The first-order chi connectivity index (χ1) is 16.8. The molecular weight excluding hydrogens is 476 g/mol. The topological polar surface area (TPSA) is 136 Å². The minimum atomic E-state index is -0.538. The van der Waals surface area contributed by atoms with Crippen molar-refractivity contribution in [1.82, 2.24) is 5.43 Å². The Hall–Kier alpha value is -4.18. The smallest absolute Gasteiger partial charge is 0.291 e. The van der Waals surface area contributed by atoms with E-state index in [9.17, 15) is 19.7 Å². The molecule has 1 aliphatic carbocycles. The summed E-state index contributed by atoms with van der Waals surface area (Å²) in [4.78, 5) is 35.7. The Morgan fingerprint density at radius 2 is 1.89 bits per heavy atom. The molecule has 4 rings (SSSR count). The SMILES string of the molecule is COc1ccc(Cl)cc1NC(=O)c1oc2c(c1C)/C(=N/NC(=O)c1ccc([N+](=O)[O-])cc1)CCC2. The number of non-ortho nitro benzene ring substituents is 1. The molecule has 0 radical (unpaired) electrons. The molecule has 10 nitrogen and oxygen atoms in total. The van der Waals surface area contributed by atoms with Gasteiger partial charge < -0.3 is 14.5 Å². The highest BCUT2D eigenvalue weighted by molar-refractivity contribution is 6.31. The van der Waals surface area contributed by atoms with Gasteiger partial charge in [-0.15, -0.1) is 0 Å². The number of nitrogens with zero attached hydrogens (tertiary/aromatic N) is 2. The molecule has 0 bridgehead atoms. The maximum Gasteiger partial charge on any atom is 0.291 e. The van der Waals surface area contributed by atoms with E-state index in [4.69, 9.17) is 20.8 Å². The van der Waals surface area contributed by atoms with Gasteiger partial charge in [0.05, 0.1) is 23.4 Å². The fraction of sp³-hybridized carbons (Fsp3) is 0.208. The van der Waals surface area contributed by atoms with Gasteiger partial charge in [0.1, 0.15) is 11.5 Å². The number of methoxy groups -OCH3 is 1. The second kappa shape index (κ2) is 9.98. The monoisotopic (exact) mass is 496 g/mol. The second-order valence-corrected chi connectivity index (χ2v) is 8.25. The number of hydrazone groups is 1. The van der Waals surface area contributed by atoms with Crippen LogP contribution in [0.3, 0.4) is 0 Å². The van der Waals surface area contributed by atoms with Crippen molar-refractivity contribution in [3.05, 3.63) is 85.8 Å². The van der Waals surface area contributed by atoms with E-state index in [-0.39, 0.29) is 17.0 Å². The van der Waals surface area contributed by atoms with Gasteiger partial charge in [-0.3, -0.25) is 19.7 Å². The lowest BCUT2D eigenvalue weighted by Crippen LogP contribution is -2.22. The molecule has 11 heteroatoms. The molecule has 1 aromatic heterocycles. The van der Waals surface area contributed by atoms with Crippen LogP contribution in [0, 0.1) is 17.0 Å². The fourth-order valence-corrected chi connectivity index (χ4v) is 4.04. The van der Waals surface area contributed by atoms with Gasteiger partial charge in [-0.2, -0.15) is 5.10 Å². The predicted molar refractivity (Wildman–Crippen MR) is 129 cm³/mol. The molecule has 2 N–H and O–H groups in total. The molecule has 3 aromatic rings. The van der Waals surface area contributed by atoms with Crippen molar-refractivity contribution in [2.45, 2.75) is 26.2 Å². The first kappa shape index (κ1) is 24.0. The largest absolute Gasteiger partial charge is 0.495 e. The van der Waals surface area contributed by atoms with Crippen LogP contribution in [0.1, 0.15) is 50.6 Å². The van der Waals surface area contributed by atoms with Gasteiger partial charge in [-0.05, 0) is 50.1 Å². The summed E-state index contributed by atoms with van der Waals surface area (Å²) in [6.45, 7) is 1.76. The molecule has 1 heterocycles.